The van der Waals surface area contributed by atoms with Crippen molar-refractivity contribution < 1.29 is 4.74 Å². The molecule has 1 rings (SSSR count). The van der Waals surface area contributed by atoms with Gasteiger partial charge in [-0.2, -0.15) is 0 Å². The zero-order chi connectivity index (χ0) is 9.14. The van der Waals surface area contributed by atoms with Crippen LogP contribution in [-0.2, 0) is 0 Å². The van der Waals surface area contributed by atoms with Gasteiger partial charge in [0.25, 0.3) is 0 Å². The van der Waals surface area contributed by atoms with E-state index in [1.54, 1.807) is 18.9 Å². The molecular formula is C9H11BrOS. The summed E-state index contributed by atoms with van der Waals surface area (Å²) in [6.45, 7) is 2.05. The van der Waals surface area contributed by atoms with Crippen molar-refractivity contribution in [3.63, 3.8) is 0 Å². The van der Waals surface area contributed by atoms with Crippen LogP contribution in [-0.4, -0.2) is 13.4 Å². The Morgan fingerprint density at radius 3 is 2.58 bits per heavy atom. The molecule has 0 unspecified atom stereocenters. The van der Waals surface area contributed by atoms with Gasteiger partial charge in [-0.3, -0.25) is 0 Å². The minimum absolute atomic E-state index is 0.930. The van der Waals surface area contributed by atoms with Crippen LogP contribution in [0.3, 0.4) is 0 Å². The van der Waals surface area contributed by atoms with Gasteiger partial charge in [0.15, 0.2) is 0 Å². The van der Waals surface area contributed by atoms with Gasteiger partial charge in [-0.05, 0) is 46.8 Å². The minimum atomic E-state index is 0.930. The summed E-state index contributed by atoms with van der Waals surface area (Å²) in [6, 6.07) is 4.12. The highest BCUT2D eigenvalue weighted by Gasteiger charge is 2.03. The molecule has 0 amide bonds. The van der Waals surface area contributed by atoms with E-state index in [0.717, 1.165) is 10.2 Å². The maximum absolute atomic E-state index is 5.19. The molecular weight excluding hydrogens is 236 g/mol. The van der Waals surface area contributed by atoms with Gasteiger partial charge >= 0.3 is 0 Å². The zero-order valence-corrected chi connectivity index (χ0v) is 9.75. The first-order valence-electron chi connectivity index (χ1n) is 3.57. The highest BCUT2D eigenvalue weighted by molar-refractivity contribution is 9.10. The van der Waals surface area contributed by atoms with Gasteiger partial charge in [0.1, 0.15) is 5.75 Å². The lowest BCUT2D eigenvalue weighted by molar-refractivity contribution is 0.411. The van der Waals surface area contributed by atoms with Gasteiger partial charge in [-0.1, -0.05) is 0 Å². The molecule has 0 saturated carbocycles. The molecule has 0 aliphatic heterocycles. The Kier molecular flexibility index (Phi) is 3.47. The van der Waals surface area contributed by atoms with Crippen molar-refractivity contribution in [1.29, 1.82) is 0 Å². The van der Waals surface area contributed by atoms with E-state index in [-0.39, 0.29) is 0 Å². The topological polar surface area (TPSA) is 9.23 Å². The van der Waals surface area contributed by atoms with E-state index in [2.05, 4.69) is 28.3 Å². The SMILES string of the molecule is COc1cc(Br)c(SC)cc1C. The lowest BCUT2D eigenvalue weighted by atomic mass is 10.2. The second-order valence-corrected chi connectivity index (χ2v) is 4.16. The summed E-state index contributed by atoms with van der Waals surface area (Å²) in [5.74, 6) is 0.930. The first kappa shape index (κ1) is 9.93. The fourth-order valence-corrected chi connectivity index (χ4v) is 2.37. The maximum Gasteiger partial charge on any atom is 0.122 e. The minimum Gasteiger partial charge on any atom is -0.496 e. The second-order valence-electron chi connectivity index (χ2n) is 2.46. The number of halogens is 1. The Hall–Kier alpha value is -0.150. The molecule has 1 aromatic rings. The van der Waals surface area contributed by atoms with Crippen LogP contribution in [0, 0.1) is 6.92 Å². The number of ether oxygens (including phenoxy) is 1. The third kappa shape index (κ3) is 1.96. The van der Waals surface area contributed by atoms with Crippen molar-refractivity contribution in [2.45, 2.75) is 11.8 Å². The third-order valence-electron chi connectivity index (χ3n) is 1.67. The van der Waals surface area contributed by atoms with Crippen LogP contribution in [0.2, 0.25) is 0 Å². The average Bonchev–Trinajstić information content (AvgIpc) is 2.08. The van der Waals surface area contributed by atoms with Crippen molar-refractivity contribution >= 4 is 27.7 Å². The summed E-state index contributed by atoms with van der Waals surface area (Å²) >= 11 is 5.21. The Labute approximate surface area is 85.6 Å². The Bertz CT molecular complexity index is 256. The van der Waals surface area contributed by atoms with Crippen molar-refractivity contribution in [2.75, 3.05) is 13.4 Å². The monoisotopic (exact) mass is 246 g/mol. The summed E-state index contributed by atoms with van der Waals surface area (Å²) in [6.07, 6.45) is 2.06. The van der Waals surface area contributed by atoms with Gasteiger partial charge in [0.2, 0.25) is 0 Å². The van der Waals surface area contributed by atoms with E-state index in [1.165, 1.54) is 10.5 Å². The fraction of sp³-hybridized carbons (Fsp3) is 0.333. The molecule has 0 aromatic heterocycles. The molecule has 3 heteroatoms. The van der Waals surface area contributed by atoms with Crippen molar-refractivity contribution in [2.24, 2.45) is 0 Å². The number of benzene rings is 1. The number of aryl methyl sites for hydroxylation is 1. The van der Waals surface area contributed by atoms with Crippen molar-refractivity contribution in [3.8, 4) is 5.75 Å². The first-order chi connectivity index (χ1) is 5.69. The molecule has 12 heavy (non-hydrogen) atoms. The van der Waals surface area contributed by atoms with E-state index in [0.29, 0.717) is 0 Å². The zero-order valence-electron chi connectivity index (χ0n) is 7.35. The third-order valence-corrected chi connectivity index (χ3v) is 3.37. The first-order valence-corrected chi connectivity index (χ1v) is 5.59. The van der Waals surface area contributed by atoms with Crippen molar-refractivity contribution in [1.82, 2.24) is 0 Å². The lowest BCUT2D eigenvalue weighted by Gasteiger charge is -2.07. The van der Waals surface area contributed by atoms with E-state index in [4.69, 9.17) is 4.74 Å². The predicted octanol–water partition coefficient (Wildman–Crippen LogP) is 3.49. The molecule has 0 bridgehead atoms. The molecule has 1 nitrogen and oxygen atoms in total. The summed E-state index contributed by atoms with van der Waals surface area (Å²) in [4.78, 5) is 1.24. The van der Waals surface area contributed by atoms with Gasteiger partial charge in [0, 0.05) is 9.37 Å². The Balaban J connectivity index is 3.16. The summed E-state index contributed by atoms with van der Waals surface area (Å²) < 4.78 is 6.28. The lowest BCUT2D eigenvalue weighted by Crippen LogP contribution is -1.87. The fourth-order valence-electron chi connectivity index (χ4n) is 1.01. The van der Waals surface area contributed by atoms with E-state index >= 15 is 0 Å². The van der Waals surface area contributed by atoms with Crippen LogP contribution in [0.5, 0.6) is 5.75 Å². The van der Waals surface area contributed by atoms with Gasteiger partial charge < -0.3 is 4.74 Å². The molecule has 1 aromatic carbocycles. The number of thioether (sulfide) groups is 1. The standard InChI is InChI=1S/C9H11BrOS/c1-6-4-9(12-3)7(10)5-8(6)11-2/h4-5H,1-3H3. The Morgan fingerprint density at radius 1 is 1.42 bits per heavy atom. The van der Waals surface area contributed by atoms with Crippen LogP contribution in [0.1, 0.15) is 5.56 Å². The number of hydrogen-bond acceptors (Lipinski definition) is 2. The van der Waals surface area contributed by atoms with Gasteiger partial charge in [-0.15, -0.1) is 11.8 Å². The molecule has 0 heterocycles. The quantitative estimate of drug-likeness (QED) is 0.740. The highest BCUT2D eigenvalue weighted by atomic mass is 79.9. The summed E-state index contributed by atoms with van der Waals surface area (Å²) in [5, 5.41) is 0. The molecule has 0 atom stereocenters. The van der Waals surface area contributed by atoms with Crippen LogP contribution >= 0.6 is 27.7 Å². The van der Waals surface area contributed by atoms with E-state index in [1.807, 2.05) is 13.0 Å². The van der Waals surface area contributed by atoms with Gasteiger partial charge in [0.05, 0.1) is 7.11 Å². The molecule has 0 saturated heterocycles. The highest BCUT2D eigenvalue weighted by Crippen LogP contribution is 2.32. The molecule has 0 radical (unpaired) electrons. The average molecular weight is 247 g/mol. The van der Waals surface area contributed by atoms with Crippen molar-refractivity contribution in [3.05, 3.63) is 22.2 Å². The molecule has 0 N–H and O–H groups in total. The second kappa shape index (κ2) is 4.19. The van der Waals surface area contributed by atoms with Crippen LogP contribution in [0.25, 0.3) is 0 Å². The molecule has 0 fully saturated rings. The summed E-state index contributed by atoms with van der Waals surface area (Å²) in [7, 11) is 1.69. The maximum atomic E-state index is 5.19. The normalized spacial score (nSPS) is 10.0. The number of rotatable bonds is 2. The molecule has 0 aliphatic carbocycles. The smallest absolute Gasteiger partial charge is 0.122 e. The van der Waals surface area contributed by atoms with Crippen LogP contribution in [0.15, 0.2) is 21.5 Å². The molecule has 0 aliphatic rings. The largest absolute Gasteiger partial charge is 0.496 e. The number of hydrogen-bond donors (Lipinski definition) is 0. The molecule has 0 spiro atoms. The Morgan fingerprint density at radius 2 is 2.08 bits per heavy atom. The van der Waals surface area contributed by atoms with E-state index in [9.17, 15) is 0 Å². The van der Waals surface area contributed by atoms with Crippen LogP contribution in [0.4, 0.5) is 0 Å². The van der Waals surface area contributed by atoms with E-state index < -0.39 is 0 Å². The predicted molar refractivity (Wildman–Crippen MR) is 57.2 cm³/mol. The summed E-state index contributed by atoms with van der Waals surface area (Å²) in [5.41, 5.74) is 1.17. The van der Waals surface area contributed by atoms with Gasteiger partial charge in [-0.25, -0.2) is 0 Å². The van der Waals surface area contributed by atoms with Crippen LogP contribution < -0.4 is 4.74 Å². The number of methoxy groups -OCH3 is 1. The molecule has 66 valence electrons.